The van der Waals surface area contributed by atoms with Gasteiger partial charge in [-0.1, -0.05) is 47.1 Å². The van der Waals surface area contributed by atoms with E-state index < -0.39 is 22.7 Å². The highest BCUT2D eigenvalue weighted by atomic mass is 28.4. The lowest BCUT2D eigenvalue weighted by Gasteiger charge is -2.46. The first-order chi connectivity index (χ1) is 12.9. The molecule has 2 fully saturated rings. The Labute approximate surface area is 181 Å². The van der Waals surface area contributed by atoms with Crippen LogP contribution in [0.2, 0.25) is 36.3 Å². The minimum Gasteiger partial charge on any atom is -0.411 e. The maximum Gasteiger partial charge on any atom is 0.192 e. The number of aliphatic hydroxyl groups is 1. The van der Waals surface area contributed by atoms with Gasteiger partial charge < -0.3 is 18.7 Å². The highest BCUT2D eigenvalue weighted by Crippen LogP contribution is 2.50. The van der Waals surface area contributed by atoms with E-state index in [1.54, 1.807) is 0 Å². The van der Waals surface area contributed by atoms with E-state index in [2.05, 4.69) is 74.3 Å². The molecular formula is C23H46O4Si2. The van der Waals surface area contributed by atoms with Crippen molar-refractivity contribution in [1.82, 2.24) is 0 Å². The number of rotatable bonds is 7. The van der Waals surface area contributed by atoms with E-state index in [1.165, 1.54) is 0 Å². The molecule has 170 valence electrons. The average Bonchev–Trinajstić information content (AvgIpc) is 3.26. The SMILES string of the molecule is C=C(C)C[C@@H](O)[C@@H]1C[C@@H](O[Si](C)(C)C(C)(C)C)[C@@H]2O[C@@H]2[C@H]1O[Si](C)(C)C(C)(C)C. The van der Waals surface area contributed by atoms with Gasteiger partial charge in [-0.15, -0.1) is 6.58 Å². The molecule has 2 aliphatic rings. The fourth-order valence-corrected chi connectivity index (χ4v) is 6.39. The smallest absolute Gasteiger partial charge is 0.192 e. The molecule has 4 nitrogen and oxygen atoms in total. The number of epoxide rings is 1. The summed E-state index contributed by atoms with van der Waals surface area (Å²) in [4.78, 5) is 0. The monoisotopic (exact) mass is 442 g/mol. The fourth-order valence-electron chi connectivity index (χ4n) is 3.71. The summed E-state index contributed by atoms with van der Waals surface area (Å²) in [7, 11) is -3.89. The average molecular weight is 443 g/mol. The van der Waals surface area contributed by atoms with Gasteiger partial charge in [0.1, 0.15) is 12.2 Å². The van der Waals surface area contributed by atoms with E-state index in [-0.39, 0.29) is 40.4 Å². The molecule has 6 atom stereocenters. The first kappa shape index (κ1) is 25.3. The highest BCUT2D eigenvalue weighted by Gasteiger charge is 2.61. The topological polar surface area (TPSA) is 51.2 Å². The van der Waals surface area contributed by atoms with Gasteiger partial charge >= 0.3 is 0 Å². The maximum atomic E-state index is 11.1. The molecule has 0 amide bonds. The van der Waals surface area contributed by atoms with Crippen LogP contribution in [-0.4, -0.2) is 52.3 Å². The zero-order valence-electron chi connectivity index (χ0n) is 20.8. The van der Waals surface area contributed by atoms with Crippen LogP contribution in [0.4, 0.5) is 0 Å². The number of hydrogen-bond acceptors (Lipinski definition) is 4. The minimum atomic E-state index is -1.98. The summed E-state index contributed by atoms with van der Waals surface area (Å²) >= 11 is 0. The fraction of sp³-hybridized carbons (Fsp3) is 0.913. The van der Waals surface area contributed by atoms with Gasteiger partial charge in [-0.25, -0.2) is 0 Å². The molecule has 1 aliphatic carbocycles. The van der Waals surface area contributed by atoms with Crippen LogP contribution in [0.25, 0.3) is 0 Å². The van der Waals surface area contributed by atoms with Crippen molar-refractivity contribution in [2.75, 3.05) is 0 Å². The van der Waals surface area contributed by atoms with Crippen molar-refractivity contribution in [3.05, 3.63) is 12.2 Å². The second-order valence-electron chi connectivity index (χ2n) is 12.5. The summed E-state index contributed by atoms with van der Waals surface area (Å²) < 4.78 is 19.8. The molecule has 1 N–H and O–H groups in total. The van der Waals surface area contributed by atoms with E-state index >= 15 is 0 Å². The number of hydrogen-bond donors (Lipinski definition) is 1. The van der Waals surface area contributed by atoms with Gasteiger partial charge in [-0.2, -0.15) is 0 Å². The lowest BCUT2D eigenvalue weighted by atomic mass is 9.79. The minimum absolute atomic E-state index is 0.0133. The first-order valence-electron chi connectivity index (χ1n) is 11.2. The normalized spacial score (nSPS) is 31.9. The molecule has 29 heavy (non-hydrogen) atoms. The molecule has 0 spiro atoms. The Bertz CT molecular complexity index is 603. The van der Waals surface area contributed by atoms with E-state index in [9.17, 15) is 5.11 Å². The summed E-state index contributed by atoms with van der Waals surface area (Å²) in [5, 5.41) is 11.4. The molecule has 0 aromatic heterocycles. The van der Waals surface area contributed by atoms with Gasteiger partial charge in [-0.3, -0.25) is 0 Å². The van der Waals surface area contributed by atoms with Crippen molar-refractivity contribution >= 4 is 16.6 Å². The van der Waals surface area contributed by atoms with Crippen molar-refractivity contribution in [2.45, 2.75) is 128 Å². The number of ether oxygens (including phenoxy) is 1. The predicted molar refractivity (Wildman–Crippen MR) is 126 cm³/mol. The summed E-state index contributed by atoms with van der Waals surface area (Å²) in [6.45, 7) is 28.7. The van der Waals surface area contributed by atoms with E-state index in [0.717, 1.165) is 12.0 Å². The summed E-state index contributed by atoms with van der Waals surface area (Å²) in [5.41, 5.74) is 1.00. The van der Waals surface area contributed by atoms with Crippen LogP contribution < -0.4 is 0 Å². The summed E-state index contributed by atoms with van der Waals surface area (Å²) in [6, 6.07) is 0. The third kappa shape index (κ3) is 5.63. The van der Waals surface area contributed by atoms with E-state index in [0.29, 0.717) is 6.42 Å². The zero-order valence-corrected chi connectivity index (χ0v) is 22.8. The quantitative estimate of drug-likeness (QED) is 0.304. The maximum absolute atomic E-state index is 11.1. The molecule has 1 aliphatic heterocycles. The molecule has 0 aromatic carbocycles. The highest BCUT2D eigenvalue weighted by molar-refractivity contribution is 6.74. The molecular weight excluding hydrogens is 396 g/mol. The Morgan fingerprint density at radius 3 is 1.93 bits per heavy atom. The molecule has 0 aromatic rings. The molecule has 1 heterocycles. The zero-order chi connectivity index (χ0) is 22.6. The van der Waals surface area contributed by atoms with E-state index in [4.69, 9.17) is 13.6 Å². The molecule has 0 bridgehead atoms. The molecule has 1 saturated carbocycles. The van der Waals surface area contributed by atoms with Gasteiger partial charge in [-0.05, 0) is 56.0 Å². The van der Waals surface area contributed by atoms with Gasteiger partial charge in [0.15, 0.2) is 16.6 Å². The summed E-state index contributed by atoms with van der Waals surface area (Å²) in [5.74, 6) is 0.0133. The Balaban J connectivity index is 2.26. The van der Waals surface area contributed by atoms with Crippen LogP contribution in [0.1, 0.15) is 61.3 Å². The Morgan fingerprint density at radius 1 is 1.00 bits per heavy atom. The lowest BCUT2D eigenvalue weighted by Crippen LogP contribution is -2.55. The Kier molecular flexibility index (Phi) is 7.12. The predicted octanol–water partition coefficient (Wildman–Crippen LogP) is 5.88. The second kappa shape index (κ2) is 8.17. The van der Waals surface area contributed by atoms with Crippen molar-refractivity contribution in [2.24, 2.45) is 5.92 Å². The van der Waals surface area contributed by atoms with Crippen LogP contribution in [0.15, 0.2) is 12.2 Å². The third-order valence-electron chi connectivity index (χ3n) is 7.72. The van der Waals surface area contributed by atoms with Gasteiger partial charge in [0, 0.05) is 5.92 Å². The van der Waals surface area contributed by atoms with Gasteiger partial charge in [0.2, 0.25) is 0 Å². The largest absolute Gasteiger partial charge is 0.411 e. The Hall–Kier alpha value is 0.0138. The van der Waals surface area contributed by atoms with Crippen molar-refractivity contribution < 1.29 is 18.7 Å². The first-order valence-corrected chi connectivity index (χ1v) is 17.0. The molecule has 6 heteroatoms. The van der Waals surface area contributed by atoms with Gasteiger partial charge in [0.05, 0.1) is 18.3 Å². The van der Waals surface area contributed by atoms with Crippen molar-refractivity contribution in [3.8, 4) is 0 Å². The third-order valence-corrected chi connectivity index (χ3v) is 16.7. The summed E-state index contributed by atoms with van der Waals surface area (Å²) in [6.07, 6.45) is 1.05. The molecule has 2 rings (SSSR count). The lowest BCUT2D eigenvalue weighted by molar-refractivity contribution is -0.0257. The van der Waals surface area contributed by atoms with Crippen molar-refractivity contribution in [3.63, 3.8) is 0 Å². The van der Waals surface area contributed by atoms with Crippen LogP contribution in [0, 0.1) is 5.92 Å². The number of aliphatic hydroxyl groups excluding tert-OH is 1. The standard InChI is InChI=1S/C23H46O4Si2/c1-15(2)13-17(24)16-14-18(26-28(9,10)22(3,4)5)20-21(25-20)19(16)27-29(11,12)23(6,7)8/h16-21,24H,1,13-14H2,2-12H3/t16-,17+,18+,19-,20-,21+/m0/s1. The molecule has 1 saturated heterocycles. The van der Waals surface area contributed by atoms with Gasteiger partial charge in [0.25, 0.3) is 0 Å². The Morgan fingerprint density at radius 2 is 1.48 bits per heavy atom. The number of fused-ring (bicyclic) bond motifs is 1. The van der Waals surface area contributed by atoms with Crippen LogP contribution in [-0.2, 0) is 13.6 Å². The molecule has 0 unspecified atom stereocenters. The van der Waals surface area contributed by atoms with Crippen LogP contribution in [0.3, 0.4) is 0 Å². The molecule has 0 radical (unpaired) electrons. The second-order valence-corrected chi connectivity index (χ2v) is 22.0. The van der Waals surface area contributed by atoms with Crippen LogP contribution >= 0.6 is 0 Å². The van der Waals surface area contributed by atoms with E-state index in [1.807, 2.05) is 6.92 Å². The van der Waals surface area contributed by atoms with Crippen molar-refractivity contribution in [1.29, 1.82) is 0 Å². The van der Waals surface area contributed by atoms with Crippen LogP contribution in [0.5, 0.6) is 0 Å².